The van der Waals surface area contributed by atoms with Gasteiger partial charge in [-0.2, -0.15) is 5.10 Å². The van der Waals surface area contributed by atoms with Gasteiger partial charge in [0.1, 0.15) is 0 Å². The highest BCUT2D eigenvalue weighted by Crippen LogP contribution is 2.09. The molecule has 0 aliphatic rings. The zero-order valence-electron chi connectivity index (χ0n) is 8.45. The molecule has 3 nitrogen and oxygen atoms in total. The summed E-state index contributed by atoms with van der Waals surface area (Å²) < 4.78 is 2.03. The van der Waals surface area contributed by atoms with Crippen molar-refractivity contribution in [2.24, 2.45) is 0 Å². The van der Waals surface area contributed by atoms with E-state index in [0.717, 1.165) is 25.8 Å². The standard InChI is InChI=1S/C10H18N2O/c1-3-6-12-9(2)10(8-11-12)5-4-7-13/h8,13H,3-7H2,1-2H3. The quantitative estimate of drug-likeness (QED) is 0.750. The summed E-state index contributed by atoms with van der Waals surface area (Å²) in [6.07, 6.45) is 4.80. The SMILES string of the molecule is CCCn1ncc(CCCO)c1C. The zero-order valence-corrected chi connectivity index (χ0v) is 8.45. The van der Waals surface area contributed by atoms with Crippen molar-refractivity contribution in [3.8, 4) is 0 Å². The first kappa shape index (κ1) is 10.3. The van der Waals surface area contributed by atoms with E-state index >= 15 is 0 Å². The summed E-state index contributed by atoms with van der Waals surface area (Å²) in [5.41, 5.74) is 2.51. The van der Waals surface area contributed by atoms with Gasteiger partial charge >= 0.3 is 0 Å². The highest BCUT2D eigenvalue weighted by molar-refractivity contribution is 5.16. The van der Waals surface area contributed by atoms with Crippen molar-refractivity contribution < 1.29 is 5.11 Å². The molecule has 0 saturated carbocycles. The van der Waals surface area contributed by atoms with Crippen LogP contribution in [0, 0.1) is 6.92 Å². The lowest BCUT2D eigenvalue weighted by atomic mass is 10.1. The third-order valence-corrected chi connectivity index (χ3v) is 2.24. The summed E-state index contributed by atoms with van der Waals surface area (Å²) in [5.74, 6) is 0. The third-order valence-electron chi connectivity index (χ3n) is 2.24. The van der Waals surface area contributed by atoms with Gasteiger partial charge in [-0.05, 0) is 31.7 Å². The molecule has 1 aromatic rings. The van der Waals surface area contributed by atoms with Crippen LogP contribution in [0.15, 0.2) is 6.20 Å². The molecule has 1 aromatic heterocycles. The normalized spacial score (nSPS) is 10.7. The summed E-state index contributed by atoms with van der Waals surface area (Å²) in [6, 6.07) is 0. The van der Waals surface area contributed by atoms with Crippen LogP contribution in [0.5, 0.6) is 0 Å². The van der Waals surface area contributed by atoms with E-state index in [1.165, 1.54) is 11.3 Å². The second-order valence-corrected chi connectivity index (χ2v) is 3.31. The summed E-state index contributed by atoms with van der Waals surface area (Å²) in [7, 11) is 0. The van der Waals surface area contributed by atoms with Crippen molar-refractivity contribution in [2.45, 2.75) is 39.7 Å². The van der Waals surface area contributed by atoms with Crippen LogP contribution in [0.4, 0.5) is 0 Å². The van der Waals surface area contributed by atoms with Crippen molar-refractivity contribution in [3.63, 3.8) is 0 Å². The number of aliphatic hydroxyl groups excluding tert-OH is 1. The Morgan fingerprint density at radius 2 is 2.31 bits per heavy atom. The summed E-state index contributed by atoms with van der Waals surface area (Å²) in [4.78, 5) is 0. The molecule has 1 N–H and O–H groups in total. The van der Waals surface area contributed by atoms with Gasteiger partial charge in [-0.1, -0.05) is 6.92 Å². The van der Waals surface area contributed by atoms with Crippen LogP contribution in [0.25, 0.3) is 0 Å². The van der Waals surface area contributed by atoms with Gasteiger partial charge in [0.2, 0.25) is 0 Å². The number of rotatable bonds is 5. The van der Waals surface area contributed by atoms with Crippen LogP contribution in [0.1, 0.15) is 31.0 Å². The van der Waals surface area contributed by atoms with Crippen molar-refractivity contribution in [3.05, 3.63) is 17.5 Å². The number of nitrogens with zero attached hydrogens (tertiary/aromatic N) is 2. The minimum atomic E-state index is 0.262. The maximum Gasteiger partial charge on any atom is 0.0524 e. The Kier molecular flexibility index (Phi) is 3.96. The molecular formula is C10H18N2O. The van der Waals surface area contributed by atoms with Crippen LogP contribution in [0.2, 0.25) is 0 Å². The average Bonchev–Trinajstić information content (AvgIpc) is 2.46. The topological polar surface area (TPSA) is 38.0 Å². The van der Waals surface area contributed by atoms with Crippen LogP contribution in [-0.2, 0) is 13.0 Å². The summed E-state index contributed by atoms with van der Waals surface area (Å²) in [6.45, 7) is 5.49. The number of hydrogen-bond donors (Lipinski definition) is 1. The van der Waals surface area contributed by atoms with E-state index in [1.54, 1.807) is 0 Å². The Bertz CT molecular complexity index is 255. The molecule has 0 spiro atoms. The lowest BCUT2D eigenvalue weighted by Crippen LogP contribution is -2.01. The lowest BCUT2D eigenvalue weighted by molar-refractivity contribution is 0.288. The lowest BCUT2D eigenvalue weighted by Gasteiger charge is -2.02. The van der Waals surface area contributed by atoms with Gasteiger partial charge < -0.3 is 5.11 Å². The Labute approximate surface area is 79.4 Å². The molecule has 0 radical (unpaired) electrons. The Balaban J connectivity index is 2.62. The van der Waals surface area contributed by atoms with Gasteiger partial charge in [-0.3, -0.25) is 4.68 Å². The molecule has 1 heterocycles. The molecule has 0 aromatic carbocycles. The number of aryl methyl sites for hydroxylation is 2. The zero-order chi connectivity index (χ0) is 9.68. The van der Waals surface area contributed by atoms with E-state index in [4.69, 9.17) is 5.11 Å². The Morgan fingerprint density at radius 3 is 2.92 bits per heavy atom. The van der Waals surface area contributed by atoms with E-state index in [1.807, 2.05) is 10.9 Å². The summed E-state index contributed by atoms with van der Waals surface area (Å²) >= 11 is 0. The largest absolute Gasteiger partial charge is 0.396 e. The van der Waals surface area contributed by atoms with Gasteiger partial charge in [0.15, 0.2) is 0 Å². The first-order chi connectivity index (χ1) is 6.29. The van der Waals surface area contributed by atoms with Crippen LogP contribution in [-0.4, -0.2) is 21.5 Å². The van der Waals surface area contributed by atoms with Gasteiger partial charge in [-0.25, -0.2) is 0 Å². The Morgan fingerprint density at radius 1 is 1.54 bits per heavy atom. The molecule has 0 amide bonds. The molecule has 0 unspecified atom stereocenters. The molecule has 0 aliphatic heterocycles. The minimum Gasteiger partial charge on any atom is -0.396 e. The first-order valence-corrected chi connectivity index (χ1v) is 4.91. The highest BCUT2D eigenvalue weighted by Gasteiger charge is 2.04. The molecule has 0 aliphatic carbocycles. The fraction of sp³-hybridized carbons (Fsp3) is 0.700. The number of aliphatic hydroxyl groups is 1. The number of aromatic nitrogens is 2. The van der Waals surface area contributed by atoms with Gasteiger partial charge in [0, 0.05) is 18.8 Å². The monoisotopic (exact) mass is 182 g/mol. The van der Waals surface area contributed by atoms with E-state index in [9.17, 15) is 0 Å². The maximum atomic E-state index is 8.70. The molecule has 1 rings (SSSR count). The van der Waals surface area contributed by atoms with E-state index in [-0.39, 0.29) is 6.61 Å². The minimum absolute atomic E-state index is 0.262. The Hall–Kier alpha value is -0.830. The van der Waals surface area contributed by atoms with Crippen LogP contribution < -0.4 is 0 Å². The summed E-state index contributed by atoms with van der Waals surface area (Å²) in [5, 5.41) is 13.0. The fourth-order valence-electron chi connectivity index (χ4n) is 1.44. The molecule has 3 heteroatoms. The smallest absolute Gasteiger partial charge is 0.0524 e. The second-order valence-electron chi connectivity index (χ2n) is 3.31. The second kappa shape index (κ2) is 5.02. The third kappa shape index (κ3) is 2.56. The van der Waals surface area contributed by atoms with Gasteiger partial charge in [0.25, 0.3) is 0 Å². The predicted molar refractivity (Wildman–Crippen MR) is 52.7 cm³/mol. The first-order valence-electron chi connectivity index (χ1n) is 4.91. The van der Waals surface area contributed by atoms with Crippen molar-refractivity contribution >= 4 is 0 Å². The highest BCUT2D eigenvalue weighted by atomic mass is 16.2. The van der Waals surface area contributed by atoms with Gasteiger partial charge in [0.05, 0.1) is 6.20 Å². The van der Waals surface area contributed by atoms with E-state index in [0.29, 0.717) is 0 Å². The molecular weight excluding hydrogens is 164 g/mol. The molecule has 0 fully saturated rings. The molecule has 0 saturated heterocycles. The predicted octanol–water partition coefficient (Wildman–Crippen LogP) is 1.53. The molecule has 13 heavy (non-hydrogen) atoms. The average molecular weight is 182 g/mol. The van der Waals surface area contributed by atoms with Crippen molar-refractivity contribution in [1.82, 2.24) is 9.78 Å². The molecule has 74 valence electrons. The fourth-order valence-corrected chi connectivity index (χ4v) is 1.44. The van der Waals surface area contributed by atoms with E-state index in [2.05, 4.69) is 18.9 Å². The number of hydrogen-bond acceptors (Lipinski definition) is 2. The maximum absolute atomic E-state index is 8.70. The van der Waals surface area contributed by atoms with Crippen molar-refractivity contribution in [1.29, 1.82) is 0 Å². The molecule has 0 bridgehead atoms. The van der Waals surface area contributed by atoms with Crippen molar-refractivity contribution in [2.75, 3.05) is 6.61 Å². The van der Waals surface area contributed by atoms with Crippen LogP contribution >= 0.6 is 0 Å². The molecule has 0 atom stereocenters. The van der Waals surface area contributed by atoms with Gasteiger partial charge in [-0.15, -0.1) is 0 Å². The van der Waals surface area contributed by atoms with E-state index < -0.39 is 0 Å². The van der Waals surface area contributed by atoms with Crippen LogP contribution in [0.3, 0.4) is 0 Å².